The number of halogens is 1. The van der Waals surface area contributed by atoms with Crippen molar-refractivity contribution >= 4 is 15.7 Å². The zero-order chi connectivity index (χ0) is 16.4. The third-order valence-corrected chi connectivity index (χ3v) is 4.54. The van der Waals surface area contributed by atoms with Gasteiger partial charge in [0.05, 0.1) is 4.90 Å². The van der Waals surface area contributed by atoms with Gasteiger partial charge in [0.1, 0.15) is 5.82 Å². The second kappa shape index (κ2) is 5.76. The smallest absolute Gasteiger partial charge is 0.261 e. The number of anilines is 1. The number of aromatic nitrogens is 4. The Morgan fingerprint density at radius 2 is 1.70 bits per heavy atom. The predicted molar refractivity (Wildman–Crippen MR) is 81.4 cm³/mol. The van der Waals surface area contributed by atoms with Crippen molar-refractivity contribution in [2.45, 2.75) is 4.90 Å². The summed E-state index contributed by atoms with van der Waals surface area (Å²) in [6.07, 6.45) is 0. The average Bonchev–Trinajstić information content (AvgIpc) is 2.94. The van der Waals surface area contributed by atoms with Crippen LogP contribution in [0.5, 0.6) is 0 Å². The standard InChI is InChI=1S/C14H12FN5O2S/c1-20-14(16-18-19-20)10-2-6-12(7-3-10)17-23(21,22)13-8-4-11(15)5-9-13/h2-9,17H,1H3. The molecule has 0 aliphatic rings. The van der Waals surface area contributed by atoms with Crippen LogP contribution in [0.25, 0.3) is 11.4 Å². The Morgan fingerprint density at radius 1 is 1.04 bits per heavy atom. The molecular formula is C14H12FN5O2S. The molecule has 0 bridgehead atoms. The summed E-state index contributed by atoms with van der Waals surface area (Å²) in [6.45, 7) is 0. The molecule has 0 atom stereocenters. The number of sulfonamides is 1. The van der Waals surface area contributed by atoms with Crippen LogP contribution in [0.15, 0.2) is 53.4 Å². The lowest BCUT2D eigenvalue weighted by molar-refractivity contribution is 0.599. The molecule has 0 radical (unpaired) electrons. The minimum atomic E-state index is -3.77. The number of nitrogens with zero attached hydrogens (tertiary/aromatic N) is 4. The first kappa shape index (κ1) is 15.1. The van der Waals surface area contributed by atoms with Gasteiger partial charge in [-0.1, -0.05) is 0 Å². The van der Waals surface area contributed by atoms with Crippen LogP contribution < -0.4 is 4.72 Å². The van der Waals surface area contributed by atoms with E-state index in [0.29, 0.717) is 11.5 Å². The quantitative estimate of drug-likeness (QED) is 0.786. The molecule has 7 nitrogen and oxygen atoms in total. The van der Waals surface area contributed by atoms with Crippen LogP contribution in [0, 0.1) is 5.82 Å². The lowest BCUT2D eigenvalue weighted by Gasteiger charge is -2.08. The van der Waals surface area contributed by atoms with Crippen LogP contribution in [0.4, 0.5) is 10.1 Å². The summed E-state index contributed by atoms with van der Waals surface area (Å²) >= 11 is 0. The molecule has 0 aliphatic heterocycles. The van der Waals surface area contributed by atoms with Gasteiger partial charge in [0.2, 0.25) is 0 Å². The molecule has 0 unspecified atom stereocenters. The van der Waals surface area contributed by atoms with Crippen LogP contribution in [0.2, 0.25) is 0 Å². The molecular weight excluding hydrogens is 321 g/mol. The zero-order valence-corrected chi connectivity index (χ0v) is 12.8. The maximum Gasteiger partial charge on any atom is 0.261 e. The SMILES string of the molecule is Cn1nnnc1-c1ccc(NS(=O)(=O)c2ccc(F)cc2)cc1. The minimum Gasteiger partial charge on any atom is -0.280 e. The Labute approximate surface area is 131 Å². The third kappa shape index (κ3) is 3.19. The summed E-state index contributed by atoms with van der Waals surface area (Å²) in [5, 5.41) is 11.2. The summed E-state index contributed by atoms with van der Waals surface area (Å²) in [7, 11) is -2.06. The maximum absolute atomic E-state index is 12.9. The first-order chi connectivity index (χ1) is 11.0. The van der Waals surface area contributed by atoms with Gasteiger partial charge in [-0.15, -0.1) is 5.10 Å². The monoisotopic (exact) mass is 333 g/mol. The number of rotatable bonds is 4. The van der Waals surface area contributed by atoms with Crippen LogP contribution in [0.3, 0.4) is 0 Å². The lowest BCUT2D eigenvalue weighted by atomic mass is 10.2. The van der Waals surface area contributed by atoms with Gasteiger partial charge in [0.25, 0.3) is 10.0 Å². The molecule has 0 spiro atoms. The van der Waals surface area contributed by atoms with Crippen molar-refractivity contribution in [1.82, 2.24) is 20.2 Å². The fraction of sp³-hybridized carbons (Fsp3) is 0.0714. The molecule has 9 heteroatoms. The van der Waals surface area contributed by atoms with Crippen LogP contribution >= 0.6 is 0 Å². The van der Waals surface area contributed by atoms with Crippen LogP contribution in [0.1, 0.15) is 0 Å². The van der Waals surface area contributed by atoms with Crippen molar-refractivity contribution in [3.63, 3.8) is 0 Å². The van der Waals surface area contributed by atoms with Crippen molar-refractivity contribution in [1.29, 1.82) is 0 Å². The normalized spacial score (nSPS) is 11.4. The second-order valence-corrected chi connectivity index (χ2v) is 6.45. The van der Waals surface area contributed by atoms with Gasteiger partial charge in [0.15, 0.2) is 5.82 Å². The fourth-order valence-electron chi connectivity index (χ4n) is 1.99. The Bertz CT molecular complexity index is 921. The number of hydrogen-bond donors (Lipinski definition) is 1. The highest BCUT2D eigenvalue weighted by Gasteiger charge is 2.14. The largest absolute Gasteiger partial charge is 0.280 e. The summed E-state index contributed by atoms with van der Waals surface area (Å²) in [5.74, 6) is 0.0727. The second-order valence-electron chi connectivity index (χ2n) is 4.76. The maximum atomic E-state index is 12.9. The molecule has 1 N–H and O–H groups in total. The topological polar surface area (TPSA) is 89.8 Å². The van der Waals surface area contributed by atoms with Crippen molar-refractivity contribution in [3.05, 3.63) is 54.3 Å². The predicted octanol–water partition coefficient (Wildman–Crippen LogP) is 1.82. The van der Waals surface area contributed by atoms with E-state index in [9.17, 15) is 12.8 Å². The first-order valence-electron chi connectivity index (χ1n) is 6.57. The zero-order valence-electron chi connectivity index (χ0n) is 12.0. The molecule has 3 aromatic rings. The van der Waals surface area contributed by atoms with E-state index in [2.05, 4.69) is 20.2 Å². The molecule has 2 aromatic carbocycles. The summed E-state index contributed by atoms with van der Waals surface area (Å²) in [5.41, 5.74) is 1.13. The number of aryl methyl sites for hydroxylation is 1. The third-order valence-electron chi connectivity index (χ3n) is 3.14. The van der Waals surface area contributed by atoms with E-state index in [0.717, 1.165) is 17.7 Å². The molecule has 3 rings (SSSR count). The van der Waals surface area contributed by atoms with Crippen molar-refractivity contribution < 1.29 is 12.8 Å². The molecule has 0 saturated carbocycles. The van der Waals surface area contributed by atoms with Crippen molar-refractivity contribution in [3.8, 4) is 11.4 Å². The van der Waals surface area contributed by atoms with E-state index in [1.165, 1.54) is 16.8 Å². The van der Waals surface area contributed by atoms with E-state index in [1.54, 1.807) is 31.3 Å². The Kier molecular flexibility index (Phi) is 3.78. The number of tetrazole rings is 1. The van der Waals surface area contributed by atoms with Gasteiger partial charge in [-0.25, -0.2) is 17.5 Å². The van der Waals surface area contributed by atoms with E-state index < -0.39 is 15.8 Å². The molecule has 118 valence electrons. The number of nitrogens with one attached hydrogen (secondary N) is 1. The molecule has 1 heterocycles. The Balaban J connectivity index is 1.83. The number of benzene rings is 2. The van der Waals surface area contributed by atoms with Gasteiger partial charge in [0, 0.05) is 18.3 Å². The summed E-state index contributed by atoms with van der Waals surface area (Å²) in [4.78, 5) is -0.0134. The van der Waals surface area contributed by atoms with Crippen LogP contribution in [-0.2, 0) is 17.1 Å². The van der Waals surface area contributed by atoms with E-state index >= 15 is 0 Å². The van der Waals surface area contributed by atoms with Gasteiger partial charge < -0.3 is 0 Å². The molecule has 0 fully saturated rings. The Morgan fingerprint density at radius 3 is 2.26 bits per heavy atom. The lowest BCUT2D eigenvalue weighted by Crippen LogP contribution is -2.12. The highest BCUT2D eigenvalue weighted by molar-refractivity contribution is 7.92. The van der Waals surface area contributed by atoms with E-state index in [-0.39, 0.29) is 4.90 Å². The molecule has 0 aliphatic carbocycles. The summed E-state index contributed by atoms with van der Waals surface area (Å²) < 4.78 is 41.2. The molecule has 1 aromatic heterocycles. The minimum absolute atomic E-state index is 0.0134. The first-order valence-corrected chi connectivity index (χ1v) is 8.05. The van der Waals surface area contributed by atoms with E-state index in [1.807, 2.05) is 0 Å². The fourth-order valence-corrected chi connectivity index (χ4v) is 3.05. The highest BCUT2D eigenvalue weighted by atomic mass is 32.2. The number of hydrogen-bond acceptors (Lipinski definition) is 5. The van der Waals surface area contributed by atoms with Gasteiger partial charge in [-0.2, -0.15) is 0 Å². The Hall–Kier alpha value is -2.81. The summed E-state index contributed by atoms with van der Waals surface area (Å²) in [6, 6.07) is 11.2. The average molecular weight is 333 g/mol. The van der Waals surface area contributed by atoms with Crippen molar-refractivity contribution in [2.24, 2.45) is 7.05 Å². The van der Waals surface area contributed by atoms with Crippen LogP contribution in [-0.4, -0.2) is 28.6 Å². The molecule has 23 heavy (non-hydrogen) atoms. The highest BCUT2D eigenvalue weighted by Crippen LogP contribution is 2.20. The van der Waals surface area contributed by atoms with E-state index in [4.69, 9.17) is 0 Å². The van der Waals surface area contributed by atoms with Gasteiger partial charge >= 0.3 is 0 Å². The van der Waals surface area contributed by atoms with Crippen molar-refractivity contribution in [2.75, 3.05) is 4.72 Å². The van der Waals surface area contributed by atoms with Gasteiger partial charge in [-0.3, -0.25) is 4.72 Å². The molecule has 0 amide bonds. The molecule has 0 saturated heterocycles. The van der Waals surface area contributed by atoms with Gasteiger partial charge in [-0.05, 0) is 59.0 Å².